The molecule has 0 amide bonds. The lowest BCUT2D eigenvalue weighted by molar-refractivity contribution is -0.126. The number of ketones is 1. The molecule has 5 heteroatoms. The van der Waals surface area contributed by atoms with Crippen molar-refractivity contribution in [3.05, 3.63) is 35.6 Å². The summed E-state index contributed by atoms with van der Waals surface area (Å²) in [6, 6.07) is 6.49. The van der Waals surface area contributed by atoms with Gasteiger partial charge in [-0.1, -0.05) is 59.0 Å². The first-order valence-corrected chi connectivity index (χ1v) is 12.8. The van der Waals surface area contributed by atoms with Crippen molar-refractivity contribution in [1.82, 2.24) is 4.90 Å². The lowest BCUT2D eigenvalue weighted by atomic mass is 9.95. The second-order valence-corrected chi connectivity index (χ2v) is 11.2. The van der Waals surface area contributed by atoms with Crippen LogP contribution in [0.3, 0.4) is 0 Å². The molecule has 27 heavy (non-hydrogen) atoms. The first-order chi connectivity index (χ1) is 13.2. The van der Waals surface area contributed by atoms with Gasteiger partial charge in [-0.3, -0.25) is 9.69 Å². The third-order valence-electron chi connectivity index (χ3n) is 6.17. The van der Waals surface area contributed by atoms with E-state index in [1.54, 1.807) is 12.1 Å². The fourth-order valence-electron chi connectivity index (χ4n) is 4.37. The number of carbonyl (C=O) groups is 1. The number of carbonyl (C=O) groups excluding carboxylic acids is 1. The molecule has 1 heterocycles. The lowest BCUT2D eigenvalue weighted by Crippen LogP contribution is -2.41. The second kappa shape index (κ2) is 9.32. The van der Waals surface area contributed by atoms with Gasteiger partial charge in [0, 0.05) is 35.1 Å². The summed E-state index contributed by atoms with van der Waals surface area (Å²) in [6.07, 6.45) is 11.1. The topological polar surface area (TPSA) is 20.3 Å². The molecule has 2 saturated carbocycles. The Morgan fingerprint density at radius 1 is 0.926 bits per heavy atom. The van der Waals surface area contributed by atoms with Gasteiger partial charge < -0.3 is 0 Å². The Bertz CT molecular complexity index is 637. The van der Waals surface area contributed by atoms with E-state index >= 15 is 0 Å². The highest BCUT2D eigenvalue weighted by molar-refractivity contribution is 8.77. The largest absolute Gasteiger partial charge is 0.297 e. The van der Waals surface area contributed by atoms with Crippen LogP contribution in [0, 0.1) is 11.7 Å². The zero-order chi connectivity index (χ0) is 18.6. The number of Topliss-reactive ketones (excluding diaryl/α,β-unsaturated/α-hetero) is 1. The smallest absolute Gasteiger partial charge is 0.157 e. The molecule has 0 bridgehead atoms. The average molecular weight is 408 g/mol. The van der Waals surface area contributed by atoms with E-state index in [9.17, 15) is 9.18 Å². The van der Waals surface area contributed by atoms with E-state index in [0.717, 1.165) is 44.0 Å². The van der Waals surface area contributed by atoms with Gasteiger partial charge in [-0.15, -0.1) is 0 Å². The quantitative estimate of drug-likeness (QED) is 0.515. The maximum absolute atomic E-state index is 14.5. The molecular formula is C22H30FNOS2. The Morgan fingerprint density at radius 2 is 1.56 bits per heavy atom. The highest BCUT2D eigenvalue weighted by atomic mass is 33.1. The molecule has 3 aliphatic rings. The standard InChI is InChI=1S/C22H30FNOS2/c23-20-9-5-4-8-19(20)21(22(25)16-10-11-16)24-14-12-18(13-15-24)27-26-17-6-2-1-3-7-17/h4-5,8-9,16-18,21H,1-3,6-7,10-15H2. The number of benzene rings is 1. The SMILES string of the molecule is O=C(C1CC1)C(c1ccccc1F)N1CCC(SSC2CCCCC2)CC1. The third kappa shape index (κ3) is 5.10. The van der Waals surface area contributed by atoms with Gasteiger partial charge in [0.15, 0.2) is 5.78 Å². The van der Waals surface area contributed by atoms with Gasteiger partial charge >= 0.3 is 0 Å². The molecule has 4 rings (SSSR count). The maximum atomic E-state index is 14.5. The van der Waals surface area contributed by atoms with Crippen molar-refractivity contribution in [2.75, 3.05) is 13.1 Å². The van der Waals surface area contributed by atoms with Crippen LogP contribution in [-0.4, -0.2) is 34.3 Å². The van der Waals surface area contributed by atoms with Crippen LogP contribution in [-0.2, 0) is 4.79 Å². The summed E-state index contributed by atoms with van der Waals surface area (Å²) in [4.78, 5) is 15.2. The predicted molar refractivity (Wildman–Crippen MR) is 114 cm³/mol. The van der Waals surface area contributed by atoms with Crippen molar-refractivity contribution >= 4 is 27.4 Å². The summed E-state index contributed by atoms with van der Waals surface area (Å²) >= 11 is 0. The molecule has 1 aromatic carbocycles. The van der Waals surface area contributed by atoms with Gasteiger partial charge in [0.05, 0.1) is 6.04 Å². The van der Waals surface area contributed by atoms with E-state index in [1.165, 1.54) is 38.2 Å². The first-order valence-electron chi connectivity index (χ1n) is 10.6. The number of halogens is 1. The number of nitrogens with zero attached hydrogens (tertiary/aromatic N) is 1. The molecular weight excluding hydrogens is 377 g/mol. The van der Waals surface area contributed by atoms with E-state index in [2.05, 4.69) is 26.5 Å². The predicted octanol–water partition coefficient (Wildman–Crippen LogP) is 6.02. The molecule has 1 atom stereocenters. The van der Waals surface area contributed by atoms with Crippen LogP contribution in [0.2, 0.25) is 0 Å². The third-order valence-corrected chi connectivity index (χ3v) is 9.74. The highest BCUT2D eigenvalue weighted by Crippen LogP contribution is 2.43. The summed E-state index contributed by atoms with van der Waals surface area (Å²) in [7, 11) is 4.18. The van der Waals surface area contributed by atoms with Gasteiger partial charge in [-0.2, -0.15) is 0 Å². The molecule has 148 valence electrons. The van der Waals surface area contributed by atoms with Crippen LogP contribution < -0.4 is 0 Å². The fourth-order valence-corrected chi connectivity index (χ4v) is 7.71. The Balaban J connectivity index is 1.35. The summed E-state index contributed by atoms with van der Waals surface area (Å²) in [5.41, 5.74) is 0.581. The number of rotatable bonds is 7. The molecule has 0 spiro atoms. The fraction of sp³-hybridized carbons (Fsp3) is 0.682. The maximum Gasteiger partial charge on any atom is 0.157 e. The molecule has 1 aromatic rings. The Morgan fingerprint density at radius 3 is 2.19 bits per heavy atom. The normalized spacial score (nSPS) is 24.0. The average Bonchev–Trinajstić information content (AvgIpc) is 3.55. The first kappa shape index (κ1) is 19.8. The van der Waals surface area contributed by atoms with E-state index < -0.39 is 0 Å². The van der Waals surface area contributed by atoms with Crippen LogP contribution in [0.5, 0.6) is 0 Å². The second-order valence-electron chi connectivity index (χ2n) is 8.29. The minimum atomic E-state index is -0.379. The number of hydrogen-bond acceptors (Lipinski definition) is 4. The Kier molecular flexibility index (Phi) is 6.83. The molecule has 3 fully saturated rings. The summed E-state index contributed by atoms with van der Waals surface area (Å²) < 4.78 is 14.5. The van der Waals surface area contributed by atoms with Crippen LogP contribution in [0.15, 0.2) is 24.3 Å². The zero-order valence-electron chi connectivity index (χ0n) is 15.9. The van der Waals surface area contributed by atoms with Crippen molar-refractivity contribution in [2.24, 2.45) is 5.92 Å². The zero-order valence-corrected chi connectivity index (χ0v) is 17.6. The summed E-state index contributed by atoms with van der Waals surface area (Å²) in [5, 5.41) is 1.51. The lowest BCUT2D eigenvalue weighted by Gasteiger charge is -2.37. The molecule has 0 aromatic heterocycles. The van der Waals surface area contributed by atoms with E-state index in [0.29, 0.717) is 10.8 Å². The number of hydrogen-bond donors (Lipinski definition) is 0. The van der Waals surface area contributed by atoms with E-state index in [-0.39, 0.29) is 23.6 Å². The highest BCUT2D eigenvalue weighted by Gasteiger charge is 2.40. The van der Waals surface area contributed by atoms with E-state index in [1.807, 2.05) is 6.07 Å². The van der Waals surface area contributed by atoms with E-state index in [4.69, 9.17) is 0 Å². The van der Waals surface area contributed by atoms with Crippen molar-refractivity contribution < 1.29 is 9.18 Å². The number of piperidine rings is 1. The monoisotopic (exact) mass is 407 g/mol. The minimum absolute atomic E-state index is 0.156. The van der Waals surface area contributed by atoms with Gasteiger partial charge in [-0.05, 0) is 44.6 Å². The molecule has 1 saturated heterocycles. The van der Waals surface area contributed by atoms with Crippen molar-refractivity contribution in [3.8, 4) is 0 Å². The summed E-state index contributed by atoms with van der Waals surface area (Å²) in [5.74, 6) is 0.159. The van der Waals surface area contributed by atoms with Gasteiger partial charge in [-0.25, -0.2) is 4.39 Å². The van der Waals surface area contributed by atoms with Gasteiger partial charge in [0.25, 0.3) is 0 Å². The molecule has 1 aliphatic heterocycles. The number of likely N-dealkylation sites (tertiary alicyclic amines) is 1. The Labute approximate surface area is 170 Å². The minimum Gasteiger partial charge on any atom is -0.297 e. The molecule has 2 nitrogen and oxygen atoms in total. The van der Waals surface area contributed by atoms with Crippen LogP contribution in [0.4, 0.5) is 4.39 Å². The van der Waals surface area contributed by atoms with Crippen LogP contribution in [0.25, 0.3) is 0 Å². The Hall–Kier alpha value is -0.520. The van der Waals surface area contributed by atoms with Crippen molar-refractivity contribution in [2.45, 2.75) is 74.3 Å². The van der Waals surface area contributed by atoms with Gasteiger partial charge in [0.1, 0.15) is 5.82 Å². The van der Waals surface area contributed by atoms with Crippen LogP contribution >= 0.6 is 21.6 Å². The van der Waals surface area contributed by atoms with Crippen molar-refractivity contribution in [1.29, 1.82) is 0 Å². The molecule has 2 aliphatic carbocycles. The van der Waals surface area contributed by atoms with Gasteiger partial charge in [0.2, 0.25) is 0 Å². The molecule has 0 radical (unpaired) electrons. The molecule has 1 unspecified atom stereocenters. The van der Waals surface area contributed by atoms with Crippen LogP contribution in [0.1, 0.15) is 69.4 Å². The molecule has 0 N–H and O–H groups in total. The van der Waals surface area contributed by atoms with Crippen molar-refractivity contribution in [3.63, 3.8) is 0 Å². The summed E-state index contributed by atoms with van der Waals surface area (Å²) in [6.45, 7) is 1.81.